The Morgan fingerprint density at radius 3 is 3.18 bits per heavy atom. The van der Waals surface area contributed by atoms with E-state index in [2.05, 4.69) is 20.7 Å². The Balaban J connectivity index is 1.56. The van der Waals surface area contributed by atoms with Crippen molar-refractivity contribution < 1.29 is 9.59 Å². The Hall–Kier alpha value is -2.44. The number of aromatic nitrogens is 3. The molecule has 1 aliphatic heterocycles. The molecule has 1 atom stereocenters. The summed E-state index contributed by atoms with van der Waals surface area (Å²) in [4.78, 5) is 27.8. The number of fused-ring (bicyclic) bond motifs is 1. The predicted molar refractivity (Wildman–Crippen MR) is 79.8 cm³/mol. The lowest BCUT2D eigenvalue weighted by atomic mass is 10.1. The highest BCUT2D eigenvalue weighted by molar-refractivity contribution is 5.79. The number of carbonyl (C=O) groups excluding carboxylic acids is 2. The van der Waals surface area contributed by atoms with Gasteiger partial charge in [0, 0.05) is 31.1 Å². The van der Waals surface area contributed by atoms with E-state index in [1.165, 1.54) is 0 Å². The van der Waals surface area contributed by atoms with Crippen LogP contribution in [-0.2, 0) is 16.1 Å². The van der Waals surface area contributed by atoms with E-state index in [0.29, 0.717) is 19.4 Å². The number of nitrogens with zero attached hydrogens (tertiary/aromatic N) is 3. The van der Waals surface area contributed by atoms with Gasteiger partial charge in [-0.15, -0.1) is 0 Å². The van der Waals surface area contributed by atoms with Gasteiger partial charge in [-0.25, -0.2) is 9.50 Å². The minimum atomic E-state index is -0.0654. The molecule has 7 heteroatoms. The van der Waals surface area contributed by atoms with E-state index in [1.54, 1.807) is 16.9 Å². The Morgan fingerprint density at radius 2 is 2.27 bits per heavy atom. The summed E-state index contributed by atoms with van der Waals surface area (Å²) < 4.78 is 1.70. The fraction of sp³-hybridized carbons (Fsp3) is 0.467. The molecule has 2 N–H and O–H groups in total. The van der Waals surface area contributed by atoms with E-state index in [1.807, 2.05) is 12.1 Å². The number of hydrogen-bond donors (Lipinski definition) is 2. The van der Waals surface area contributed by atoms with Crippen molar-refractivity contribution in [2.24, 2.45) is 0 Å². The van der Waals surface area contributed by atoms with Crippen molar-refractivity contribution in [2.45, 2.75) is 44.7 Å². The highest BCUT2D eigenvalue weighted by Crippen LogP contribution is 2.12. The third kappa shape index (κ3) is 3.41. The van der Waals surface area contributed by atoms with Gasteiger partial charge in [0.05, 0.1) is 18.4 Å². The van der Waals surface area contributed by atoms with Crippen LogP contribution in [0.4, 0.5) is 0 Å². The van der Waals surface area contributed by atoms with Crippen LogP contribution in [0.15, 0.2) is 24.5 Å². The number of carbonyl (C=O) groups is 2. The van der Waals surface area contributed by atoms with Crippen LogP contribution in [0.1, 0.15) is 37.8 Å². The lowest BCUT2D eigenvalue weighted by Gasteiger charge is -2.15. The molecule has 3 heterocycles. The average Bonchev–Trinajstić information content (AvgIpc) is 2.89. The number of amides is 2. The van der Waals surface area contributed by atoms with Crippen LogP contribution in [0.2, 0.25) is 0 Å². The molecule has 0 saturated carbocycles. The molecule has 0 aromatic carbocycles. The third-order valence-electron chi connectivity index (χ3n) is 3.84. The van der Waals surface area contributed by atoms with E-state index >= 15 is 0 Å². The first kappa shape index (κ1) is 14.5. The summed E-state index contributed by atoms with van der Waals surface area (Å²) in [5.41, 5.74) is 1.62. The van der Waals surface area contributed by atoms with Crippen molar-refractivity contribution in [3.63, 3.8) is 0 Å². The van der Waals surface area contributed by atoms with E-state index in [-0.39, 0.29) is 17.9 Å². The zero-order chi connectivity index (χ0) is 15.4. The highest BCUT2D eigenvalue weighted by Gasteiger charge is 2.19. The van der Waals surface area contributed by atoms with Crippen LogP contribution in [0.5, 0.6) is 0 Å². The molecule has 0 radical (unpaired) electrons. The fourth-order valence-corrected chi connectivity index (χ4v) is 2.71. The Labute approximate surface area is 128 Å². The molecule has 0 spiro atoms. The van der Waals surface area contributed by atoms with Gasteiger partial charge in [0.25, 0.3) is 0 Å². The molecule has 1 unspecified atom stereocenters. The normalized spacial score (nSPS) is 18.7. The van der Waals surface area contributed by atoms with Gasteiger partial charge in [0.15, 0.2) is 5.65 Å². The van der Waals surface area contributed by atoms with Gasteiger partial charge < -0.3 is 10.6 Å². The molecular formula is C15H19N5O2. The summed E-state index contributed by atoms with van der Waals surface area (Å²) in [7, 11) is 0. The number of nitrogens with one attached hydrogen (secondary N) is 2. The molecule has 2 aromatic rings. The topological polar surface area (TPSA) is 88.4 Å². The van der Waals surface area contributed by atoms with Gasteiger partial charge in [-0.05, 0) is 18.9 Å². The van der Waals surface area contributed by atoms with Crippen molar-refractivity contribution in [3.05, 3.63) is 30.2 Å². The zero-order valence-corrected chi connectivity index (χ0v) is 12.3. The van der Waals surface area contributed by atoms with Crippen molar-refractivity contribution >= 4 is 17.5 Å². The molecule has 116 valence electrons. The summed E-state index contributed by atoms with van der Waals surface area (Å²) in [6, 6.07) is 3.58. The zero-order valence-electron chi connectivity index (χ0n) is 12.3. The van der Waals surface area contributed by atoms with Crippen molar-refractivity contribution in [2.75, 3.05) is 0 Å². The second-order valence-corrected chi connectivity index (χ2v) is 5.53. The molecule has 0 bridgehead atoms. The van der Waals surface area contributed by atoms with Crippen LogP contribution < -0.4 is 10.6 Å². The van der Waals surface area contributed by atoms with E-state index in [4.69, 9.17) is 0 Å². The maximum absolute atomic E-state index is 12.1. The monoisotopic (exact) mass is 301 g/mol. The SMILES string of the molecule is O=C(CC1CCCCC(=O)N1)NCc1ccnc2ccnn12. The molecule has 0 aliphatic carbocycles. The third-order valence-corrected chi connectivity index (χ3v) is 3.84. The van der Waals surface area contributed by atoms with Gasteiger partial charge in [0.2, 0.25) is 11.8 Å². The Morgan fingerprint density at radius 1 is 1.36 bits per heavy atom. The number of hydrogen-bond acceptors (Lipinski definition) is 4. The largest absolute Gasteiger partial charge is 0.353 e. The number of rotatable bonds is 4. The summed E-state index contributed by atoms with van der Waals surface area (Å²) in [5, 5.41) is 9.97. The van der Waals surface area contributed by atoms with Crippen molar-refractivity contribution in [1.29, 1.82) is 0 Å². The average molecular weight is 301 g/mol. The van der Waals surface area contributed by atoms with Gasteiger partial charge >= 0.3 is 0 Å². The van der Waals surface area contributed by atoms with Gasteiger partial charge in [-0.2, -0.15) is 5.10 Å². The summed E-state index contributed by atoms with van der Waals surface area (Å²) >= 11 is 0. The van der Waals surface area contributed by atoms with Crippen molar-refractivity contribution in [1.82, 2.24) is 25.2 Å². The van der Waals surface area contributed by atoms with Crippen LogP contribution in [-0.4, -0.2) is 32.5 Å². The first-order valence-electron chi connectivity index (χ1n) is 7.56. The molecule has 22 heavy (non-hydrogen) atoms. The second-order valence-electron chi connectivity index (χ2n) is 5.53. The molecule has 7 nitrogen and oxygen atoms in total. The van der Waals surface area contributed by atoms with E-state index in [0.717, 1.165) is 30.6 Å². The second kappa shape index (κ2) is 6.55. The lowest BCUT2D eigenvalue weighted by molar-refractivity contribution is -0.123. The Kier molecular flexibility index (Phi) is 4.32. The lowest BCUT2D eigenvalue weighted by Crippen LogP contribution is -2.37. The first-order valence-corrected chi connectivity index (χ1v) is 7.56. The smallest absolute Gasteiger partial charge is 0.222 e. The highest BCUT2D eigenvalue weighted by atomic mass is 16.2. The summed E-state index contributed by atoms with van der Waals surface area (Å²) in [6.07, 6.45) is 7.00. The van der Waals surface area contributed by atoms with Crippen LogP contribution in [0, 0.1) is 0 Å². The maximum Gasteiger partial charge on any atom is 0.222 e. The summed E-state index contributed by atoms with van der Waals surface area (Å²) in [5.74, 6) is -0.0213. The molecule has 2 amide bonds. The van der Waals surface area contributed by atoms with Crippen LogP contribution >= 0.6 is 0 Å². The summed E-state index contributed by atoms with van der Waals surface area (Å²) in [6.45, 7) is 0.389. The van der Waals surface area contributed by atoms with Gasteiger partial charge in [-0.3, -0.25) is 9.59 Å². The van der Waals surface area contributed by atoms with Gasteiger partial charge in [0.1, 0.15) is 0 Å². The van der Waals surface area contributed by atoms with Crippen LogP contribution in [0.3, 0.4) is 0 Å². The minimum Gasteiger partial charge on any atom is -0.353 e. The fourth-order valence-electron chi connectivity index (χ4n) is 2.71. The minimum absolute atomic E-state index is 0.0442. The molecule has 1 aliphatic rings. The quantitative estimate of drug-likeness (QED) is 0.874. The maximum atomic E-state index is 12.1. The van der Waals surface area contributed by atoms with E-state index in [9.17, 15) is 9.59 Å². The molecule has 2 aromatic heterocycles. The molecule has 1 saturated heterocycles. The first-order chi connectivity index (χ1) is 10.7. The predicted octanol–water partition coefficient (Wildman–Crippen LogP) is 0.794. The molecular weight excluding hydrogens is 282 g/mol. The van der Waals surface area contributed by atoms with E-state index < -0.39 is 0 Å². The van der Waals surface area contributed by atoms with Gasteiger partial charge in [-0.1, -0.05) is 6.42 Å². The molecule has 3 rings (SSSR count). The van der Waals surface area contributed by atoms with Crippen molar-refractivity contribution in [3.8, 4) is 0 Å². The van der Waals surface area contributed by atoms with Crippen LogP contribution in [0.25, 0.3) is 5.65 Å². The molecule has 1 fully saturated rings. The standard InChI is InChI=1S/C15H19N5O2/c21-14-4-2-1-3-11(19-14)9-15(22)17-10-12-5-7-16-13-6-8-18-20(12)13/h5-8,11H,1-4,9-10H2,(H,17,22)(H,19,21). The Bertz CT molecular complexity index is 681.